The van der Waals surface area contributed by atoms with Gasteiger partial charge in [-0.1, -0.05) is 0 Å². The predicted molar refractivity (Wildman–Crippen MR) is 76.4 cm³/mol. The van der Waals surface area contributed by atoms with Crippen LogP contribution in [0.1, 0.15) is 30.8 Å². The Morgan fingerprint density at radius 3 is 2.53 bits per heavy atom. The molecule has 0 amide bonds. The molecule has 0 bridgehead atoms. The van der Waals surface area contributed by atoms with Gasteiger partial charge in [-0.05, 0) is 48.3 Å². The molecule has 17 heavy (non-hydrogen) atoms. The third-order valence-electron chi connectivity index (χ3n) is 2.52. The van der Waals surface area contributed by atoms with Gasteiger partial charge in [0.25, 0.3) is 0 Å². The van der Waals surface area contributed by atoms with E-state index >= 15 is 0 Å². The van der Waals surface area contributed by atoms with Crippen LogP contribution in [-0.4, -0.2) is 10.8 Å². The standard InChI is InChI=1S/C12H12BrNOS2/c1-6-4-10(17-12(6)13)9(15)5-11-14-7(2)8(3)16-11/h4H,5H2,1-3H3. The topological polar surface area (TPSA) is 30.0 Å². The van der Waals surface area contributed by atoms with Crippen LogP contribution in [0.2, 0.25) is 0 Å². The number of hydrogen-bond donors (Lipinski definition) is 0. The first kappa shape index (κ1) is 12.9. The van der Waals surface area contributed by atoms with Crippen molar-refractivity contribution in [1.82, 2.24) is 4.98 Å². The van der Waals surface area contributed by atoms with Crippen molar-refractivity contribution in [2.45, 2.75) is 27.2 Å². The van der Waals surface area contributed by atoms with Gasteiger partial charge in [-0.2, -0.15) is 0 Å². The number of ketones is 1. The number of aryl methyl sites for hydroxylation is 3. The van der Waals surface area contributed by atoms with Gasteiger partial charge in [0.05, 0.1) is 20.8 Å². The molecule has 2 rings (SSSR count). The van der Waals surface area contributed by atoms with Gasteiger partial charge in [0.1, 0.15) is 5.01 Å². The van der Waals surface area contributed by atoms with E-state index < -0.39 is 0 Å². The van der Waals surface area contributed by atoms with Crippen molar-refractivity contribution in [1.29, 1.82) is 0 Å². The lowest BCUT2D eigenvalue weighted by Gasteiger charge is -1.93. The zero-order chi connectivity index (χ0) is 12.6. The lowest BCUT2D eigenvalue weighted by atomic mass is 10.2. The second kappa shape index (κ2) is 5.00. The van der Waals surface area contributed by atoms with Gasteiger partial charge < -0.3 is 0 Å². The molecule has 2 heterocycles. The van der Waals surface area contributed by atoms with Crippen LogP contribution in [0.3, 0.4) is 0 Å². The highest BCUT2D eigenvalue weighted by Gasteiger charge is 2.14. The maximum atomic E-state index is 12.1. The Bertz CT molecular complexity index is 532. The molecule has 0 aliphatic heterocycles. The molecular formula is C12H12BrNOS2. The summed E-state index contributed by atoms with van der Waals surface area (Å²) in [6.45, 7) is 6.01. The van der Waals surface area contributed by atoms with Crippen LogP contribution in [0.25, 0.3) is 0 Å². The molecule has 2 nitrogen and oxygen atoms in total. The highest BCUT2D eigenvalue weighted by atomic mass is 79.9. The highest BCUT2D eigenvalue weighted by molar-refractivity contribution is 9.11. The molecule has 0 radical (unpaired) electrons. The van der Waals surface area contributed by atoms with E-state index in [2.05, 4.69) is 20.9 Å². The summed E-state index contributed by atoms with van der Waals surface area (Å²) in [5.41, 5.74) is 2.14. The van der Waals surface area contributed by atoms with E-state index in [4.69, 9.17) is 0 Å². The number of nitrogens with zero attached hydrogens (tertiary/aromatic N) is 1. The summed E-state index contributed by atoms with van der Waals surface area (Å²) >= 11 is 6.54. The van der Waals surface area contributed by atoms with E-state index in [1.54, 1.807) is 11.3 Å². The van der Waals surface area contributed by atoms with Gasteiger partial charge in [0.2, 0.25) is 0 Å². The summed E-state index contributed by atoms with van der Waals surface area (Å²) < 4.78 is 1.03. The lowest BCUT2D eigenvalue weighted by Crippen LogP contribution is -2.00. The Balaban J connectivity index is 2.16. The summed E-state index contributed by atoms with van der Waals surface area (Å²) in [6, 6.07) is 1.93. The number of thiazole rings is 1. The van der Waals surface area contributed by atoms with Gasteiger partial charge >= 0.3 is 0 Å². The third kappa shape index (κ3) is 2.84. The quantitative estimate of drug-likeness (QED) is 0.785. The largest absolute Gasteiger partial charge is 0.293 e. The molecule has 2 aromatic heterocycles. The number of carbonyl (C=O) groups is 1. The first-order chi connectivity index (χ1) is 7.97. The minimum atomic E-state index is 0.151. The smallest absolute Gasteiger partial charge is 0.179 e. The summed E-state index contributed by atoms with van der Waals surface area (Å²) in [5, 5.41) is 0.909. The second-order valence-corrected chi connectivity index (χ2v) is 7.57. The molecule has 0 aliphatic rings. The van der Waals surface area contributed by atoms with Crippen LogP contribution >= 0.6 is 38.6 Å². The lowest BCUT2D eigenvalue weighted by molar-refractivity contribution is 0.0996. The maximum Gasteiger partial charge on any atom is 0.179 e. The molecule has 5 heteroatoms. The summed E-state index contributed by atoms with van der Waals surface area (Å²) in [7, 11) is 0. The van der Waals surface area contributed by atoms with Crippen molar-refractivity contribution in [2.75, 3.05) is 0 Å². The molecule has 0 atom stereocenters. The SMILES string of the molecule is Cc1cc(C(=O)Cc2nc(C)c(C)s2)sc1Br. The molecule has 0 saturated carbocycles. The first-order valence-corrected chi connectivity index (χ1v) is 7.62. The average molecular weight is 330 g/mol. The minimum absolute atomic E-state index is 0.151. The zero-order valence-corrected chi connectivity index (χ0v) is 13.1. The number of aromatic nitrogens is 1. The van der Waals surface area contributed by atoms with E-state index in [1.807, 2.05) is 26.8 Å². The normalized spacial score (nSPS) is 10.8. The fourth-order valence-corrected chi connectivity index (χ4v) is 3.84. The number of halogens is 1. The molecule has 0 spiro atoms. The van der Waals surface area contributed by atoms with Gasteiger partial charge in [-0.3, -0.25) is 4.79 Å². The second-order valence-electron chi connectivity index (χ2n) is 3.92. The first-order valence-electron chi connectivity index (χ1n) is 5.19. The van der Waals surface area contributed by atoms with Crippen molar-refractivity contribution in [3.05, 3.63) is 35.9 Å². The molecule has 0 saturated heterocycles. The zero-order valence-electron chi connectivity index (χ0n) is 9.83. The van der Waals surface area contributed by atoms with Gasteiger partial charge in [0, 0.05) is 4.88 Å². The Morgan fingerprint density at radius 1 is 1.35 bits per heavy atom. The number of thiophene rings is 1. The minimum Gasteiger partial charge on any atom is -0.293 e. The van der Waals surface area contributed by atoms with Crippen molar-refractivity contribution in [3.63, 3.8) is 0 Å². The van der Waals surface area contributed by atoms with Gasteiger partial charge in [0.15, 0.2) is 5.78 Å². The monoisotopic (exact) mass is 329 g/mol. The predicted octanol–water partition coefficient (Wildman–Crippen LogP) is 4.32. The van der Waals surface area contributed by atoms with E-state index in [0.29, 0.717) is 6.42 Å². The number of hydrogen-bond acceptors (Lipinski definition) is 4. The fourth-order valence-electron chi connectivity index (χ4n) is 1.44. The van der Waals surface area contributed by atoms with Crippen LogP contribution in [0.5, 0.6) is 0 Å². The van der Waals surface area contributed by atoms with E-state index in [-0.39, 0.29) is 5.78 Å². The molecular weight excluding hydrogens is 318 g/mol. The number of Topliss-reactive ketones (excluding diaryl/α,β-unsaturated/α-hetero) is 1. The Hall–Kier alpha value is -0.520. The summed E-state index contributed by atoms with van der Waals surface area (Å²) in [4.78, 5) is 18.4. The molecule has 0 aromatic carbocycles. The van der Waals surface area contributed by atoms with Crippen LogP contribution < -0.4 is 0 Å². The summed E-state index contributed by atoms with van der Waals surface area (Å²) in [5.74, 6) is 0.151. The fraction of sp³-hybridized carbons (Fsp3) is 0.333. The Morgan fingerprint density at radius 2 is 2.06 bits per heavy atom. The van der Waals surface area contributed by atoms with E-state index in [1.165, 1.54) is 16.2 Å². The number of carbonyl (C=O) groups excluding carboxylic acids is 1. The molecule has 0 N–H and O–H groups in total. The number of rotatable bonds is 3. The molecule has 0 unspecified atom stereocenters. The van der Waals surface area contributed by atoms with E-state index in [0.717, 1.165) is 24.9 Å². The van der Waals surface area contributed by atoms with E-state index in [9.17, 15) is 4.79 Å². The summed E-state index contributed by atoms with van der Waals surface area (Å²) in [6.07, 6.45) is 0.408. The van der Waals surface area contributed by atoms with Crippen molar-refractivity contribution >= 4 is 44.4 Å². The van der Waals surface area contributed by atoms with Crippen LogP contribution in [-0.2, 0) is 6.42 Å². The Kier molecular flexibility index (Phi) is 3.80. The molecule has 0 aliphatic carbocycles. The highest BCUT2D eigenvalue weighted by Crippen LogP contribution is 2.28. The van der Waals surface area contributed by atoms with Crippen molar-refractivity contribution < 1.29 is 4.79 Å². The maximum absolute atomic E-state index is 12.1. The van der Waals surface area contributed by atoms with Crippen molar-refractivity contribution in [2.24, 2.45) is 0 Å². The van der Waals surface area contributed by atoms with Gasteiger partial charge in [-0.15, -0.1) is 22.7 Å². The molecule has 2 aromatic rings. The average Bonchev–Trinajstić information content (AvgIpc) is 2.73. The van der Waals surface area contributed by atoms with Crippen molar-refractivity contribution in [3.8, 4) is 0 Å². The van der Waals surface area contributed by atoms with Crippen LogP contribution in [0.4, 0.5) is 0 Å². The third-order valence-corrected chi connectivity index (χ3v) is 5.77. The molecule has 0 fully saturated rings. The van der Waals surface area contributed by atoms with Gasteiger partial charge in [-0.25, -0.2) is 4.98 Å². The molecule has 90 valence electrons. The van der Waals surface area contributed by atoms with Crippen LogP contribution in [0, 0.1) is 20.8 Å². The van der Waals surface area contributed by atoms with Crippen LogP contribution in [0.15, 0.2) is 9.85 Å². The Labute approximate surface area is 117 Å².